The molecule has 55 heavy (non-hydrogen) atoms. The Kier molecular flexibility index (Phi) is 9.31. The van der Waals surface area contributed by atoms with Crippen molar-refractivity contribution in [1.82, 2.24) is 29.2 Å². The van der Waals surface area contributed by atoms with Gasteiger partial charge in [-0.3, -0.25) is 18.8 Å². The summed E-state index contributed by atoms with van der Waals surface area (Å²) in [5, 5.41) is 7.78. The van der Waals surface area contributed by atoms with Crippen LogP contribution in [0.5, 0.6) is 11.6 Å². The molecule has 4 aromatic carbocycles. The smallest absolute Gasteiger partial charge is 0.267 e. The number of aromatic nitrogens is 5. The molecule has 0 aliphatic rings. The van der Waals surface area contributed by atoms with Gasteiger partial charge in [-0.2, -0.15) is 15.1 Å². The molecule has 4 aromatic heterocycles. The van der Waals surface area contributed by atoms with E-state index in [9.17, 15) is 14.0 Å². The van der Waals surface area contributed by atoms with Gasteiger partial charge in [0, 0.05) is 48.5 Å². The molecule has 0 saturated carbocycles. The molecular weight excluding hydrogens is 698 g/mol. The van der Waals surface area contributed by atoms with Crippen LogP contribution in [-0.2, 0) is 13.6 Å². The van der Waals surface area contributed by atoms with Crippen LogP contribution in [0.25, 0.3) is 50.6 Å². The molecule has 1 amide bonds. The summed E-state index contributed by atoms with van der Waals surface area (Å²) in [7, 11) is 5.90. The maximum absolute atomic E-state index is 13.5. The molecule has 0 bridgehead atoms. The first kappa shape index (κ1) is 34.9. The van der Waals surface area contributed by atoms with E-state index in [2.05, 4.69) is 27.4 Å². The largest absolute Gasteiger partial charge is 0.438 e. The molecule has 0 saturated heterocycles. The second-order valence-electron chi connectivity index (χ2n) is 13.2. The van der Waals surface area contributed by atoms with Crippen LogP contribution in [0.3, 0.4) is 0 Å². The SMILES string of the molecule is CN(C)Cc1cccc(-c2c(-c3cnn(C)c3)oc3nc(-c4ccccc4)nc(Oc4ccc(NC(=O)c5cccn(-c6ccc(F)cc6)c5=O)cc4)c23)c1. The highest BCUT2D eigenvalue weighted by molar-refractivity contribution is 6.05. The molecule has 12 heteroatoms. The first-order valence-electron chi connectivity index (χ1n) is 17.4. The monoisotopic (exact) mass is 731 g/mol. The average Bonchev–Trinajstić information content (AvgIpc) is 3.80. The highest BCUT2D eigenvalue weighted by atomic mass is 19.1. The number of aryl methyl sites for hydroxylation is 1. The van der Waals surface area contributed by atoms with Gasteiger partial charge < -0.3 is 19.4 Å². The Morgan fingerprint density at radius 1 is 0.873 bits per heavy atom. The van der Waals surface area contributed by atoms with Crippen molar-refractivity contribution in [2.45, 2.75) is 6.54 Å². The van der Waals surface area contributed by atoms with Crippen LogP contribution in [0.15, 0.2) is 143 Å². The Balaban J connectivity index is 1.17. The minimum Gasteiger partial charge on any atom is -0.438 e. The van der Waals surface area contributed by atoms with E-state index in [4.69, 9.17) is 19.1 Å². The van der Waals surface area contributed by atoms with Crippen LogP contribution >= 0.6 is 0 Å². The molecule has 0 aliphatic carbocycles. The van der Waals surface area contributed by atoms with Crippen LogP contribution in [0.2, 0.25) is 0 Å². The summed E-state index contributed by atoms with van der Waals surface area (Å²) >= 11 is 0. The van der Waals surface area contributed by atoms with Gasteiger partial charge in [0.2, 0.25) is 11.6 Å². The number of pyridine rings is 1. The van der Waals surface area contributed by atoms with Crippen molar-refractivity contribution >= 4 is 22.7 Å². The Labute approximate surface area is 314 Å². The van der Waals surface area contributed by atoms with Crippen LogP contribution < -0.4 is 15.6 Å². The molecule has 1 N–H and O–H groups in total. The number of benzene rings is 4. The fourth-order valence-electron chi connectivity index (χ4n) is 6.36. The molecule has 8 rings (SSSR count). The number of anilines is 1. The van der Waals surface area contributed by atoms with E-state index in [1.807, 2.05) is 69.8 Å². The number of ether oxygens (including phenoxy) is 1. The van der Waals surface area contributed by atoms with Crippen LogP contribution in [0.4, 0.5) is 10.1 Å². The Bertz CT molecular complexity index is 2720. The number of nitrogens with zero attached hydrogens (tertiary/aromatic N) is 6. The molecule has 8 aromatic rings. The van der Waals surface area contributed by atoms with Gasteiger partial charge in [0.1, 0.15) is 28.3 Å². The summed E-state index contributed by atoms with van der Waals surface area (Å²) in [6.07, 6.45) is 5.16. The first-order valence-corrected chi connectivity index (χ1v) is 17.4. The van der Waals surface area contributed by atoms with Gasteiger partial charge >= 0.3 is 0 Å². The number of fused-ring (bicyclic) bond motifs is 1. The molecule has 0 aliphatic heterocycles. The second-order valence-corrected chi connectivity index (χ2v) is 13.2. The van der Waals surface area contributed by atoms with Gasteiger partial charge in [0.05, 0.1) is 11.8 Å². The highest BCUT2D eigenvalue weighted by Gasteiger charge is 2.26. The van der Waals surface area contributed by atoms with E-state index >= 15 is 0 Å². The lowest BCUT2D eigenvalue weighted by atomic mass is 9.98. The molecule has 11 nitrogen and oxygen atoms in total. The minimum atomic E-state index is -0.595. The number of carbonyl (C=O) groups is 1. The Morgan fingerprint density at radius 3 is 2.36 bits per heavy atom. The lowest BCUT2D eigenvalue weighted by Gasteiger charge is -2.12. The summed E-state index contributed by atoms with van der Waals surface area (Å²) in [5.74, 6) is 0.684. The molecule has 0 atom stereocenters. The zero-order valence-electron chi connectivity index (χ0n) is 30.1. The topological polar surface area (TPSA) is 120 Å². The van der Waals surface area contributed by atoms with Crippen LogP contribution in [-0.4, -0.2) is 49.2 Å². The van der Waals surface area contributed by atoms with Gasteiger partial charge in [-0.25, -0.2) is 4.39 Å². The van der Waals surface area contributed by atoms with Crippen molar-refractivity contribution in [3.63, 3.8) is 0 Å². The number of halogens is 1. The molecule has 0 spiro atoms. The number of hydrogen-bond donors (Lipinski definition) is 1. The highest BCUT2D eigenvalue weighted by Crippen LogP contribution is 2.45. The summed E-state index contributed by atoms with van der Waals surface area (Å²) in [6.45, 7) is 0.738. The van der Waals surface area contributed by atoms with Gasteiger partial charge in [-0.15, -0.1) is 0 Å². The third kappa shape index (κ3) is 7.26. The van der Waals surface area contributed by atoms with E-state index < -0.39 is 17.3 Å². The predicted molar refractivity (Wildman–Crippen MR) is 209 cm³/mol. The number of amides is 1. The maximum Gasteiger partial charge on any atom is 0.267 e. The number of rotatable bonds is 10. The van der Waals surface area contributed by atoms with Crippen molar-refractivity contribution in [2.75, 3.05) is 19.4 Å². The average molecular weight is 732 g/mol. The van der Waals surface area contributed by atoms with Gasteiger partial charge in [0.25, 0.3) is 11.5 Å². The standard InChI is InChI=1S/C43H34FN7O4/c1-49(2)25-27-9-7-12-29(23-27)36-37-41(47-39(28-10-5-4-6-11-28)48-42(37)55-38(36)30-24-45-50(3)26-30)54-34-20-16-32(17-21-34)46-40(52)35-13-8-22-51(43(35)53)33-18-14-31(44)15-19-33/h4-24,26H,25H2,1-3H3,(H,46,52). The third-order valence-corrected chi connectivity index (χ3v) is 8.86. The number of nitrogens with one attached hydrogen (secondary N) is 1. The predicted octanol–water partition coefficient (Wildman–Crippen LogP) is 8.35. The molecule has 0 fully saturated rings. The Morgan fingerprint density at radius 2 is 1.64 bits per heavy atom. The molecule has 0 radical (unpaired) electrons. The summed E-state index contributed by atoms with van der Waals surface area (Å²) in [5.41, 5.74) is 4.92. The molecule has 272 valence electrons. The van der Waals surface area contributed by atoms with Crippen molar-refractivity contribution < 1.29 is 18.3 Å². The van der Waals surface area contributed by atoms with E-state index in [1.54, 1.807) is 41.2 Å². The van der Waals surface area contributed by atoms with Crippen LogP contribution in [0, 0.1) is 5.82 Å². The minimum absolute atomic E-state index is 0.0736. The number of hydrogen-bond acceptors (Lipinski definition) is 8. The molecular formula is C43H34FN7O4. The van der Waals surface area contributed by atoms with E-state index in [0.29, 0.717) is 39.8 Å². The summed E-state index contributed by atoms with van der Waals surface area (Å²) in [6, 6.07) is 33.1. The zero-order valence-corrected chi connectivity index (χ0v) is 30.1. The fourth-order valence-corrected chi connectivity index (χ4v) is 6.36. The third-order valence-electron chi connectivity index (χ3n) is 8.86. The van der Waals surface area contributed by atoms with Crippen molar-refractivity contribution in [3.05, 3.63) is 161 Å². The van der Waals surface area contributed by atoms with Crippen molar-refractivity contribution in [1.29, 1.82) is 0 Å². The van der Waals surface area contributed by atoms with E-state index in [0.717, 1.165) is 34.4 Å². The maximum atomic E-state index is 13.5. The first-order chi connectivity index (χ1) is 26.7. The van der Waals surface area contributed by atoms with Crippen molar-refractivity contribution in [2.24, 2.45) is 7.05 Å². The summed E-state index contributed by atoms with van der Waals surface area (Å²) < 4.78 is 29.6. The van der Waals surface area contributed by atoms with Gasteiger partial charge in [-0.05, 0) is 92.0 Å². The Hall–Kier alpha value is -7.18. The lowest BCUT2D eigenvalue weighted by Crippen LogP contribution is -2.27. The second kappa shape index (κ2) is 14.7. The fraction of sp³-hybridized carbons (Fsp3) is 0.0930. The lowest BCUT2D eigenvalue weighted by molar-refractivity contribution is 0.102. The molecule has 4 heterocycles. The number of furan rings is 1. The zero-order chi connectivity index (χ0) is 38.1. The van der Waals surface area contributed by atoms with E-state index in [-0.39, 0.29) is 11.4 Å². The normalized spacial score (nSPS) is 11.3. The quantitative estimate of drug-likeness (QED) is 0.149. The van der Waals surface area contributed by atoms with Crippen LogP contribution in [0.1, 0.15) is 15.9 Å². The van der Waals surface area contributed by atoms with Gasteiger partial charge in [0.15, 0.2) is 5.82 Å². The summed E-state index contributed by atoms with van der Waals surface area (Å²) in [4.78, 5) is 38.5. The molecule has 0 unspecified atom stereocenters. The van der Waals surface area contributed by atoms with Gasteiger partial charge in [-0.1, -0.05) is 48.5 Å². The van der Waals surface area contributed by atoms with E-state index in [1.165, 1.54) is 41.1 Å². The number of carbonyl (C=O) groups excluding carboxylic acids is 1. The van der Waals surface area contributed by atoms with Crippen molar-refractivity contribution in [3.8, 4) is 51.2 Å².